The number of urea groups is 1. The number of nitrogens with one attached hydrogen (secondary N) is 2. The first-order chi connectivity index (χ1) is 9.33. The number of hydrogen-bond donors (Lipinski definition) is 3. The zero-order valence-electron chi connectivity index (χ0n) is 10.5. The minimum absolute atomic E-state index is 0.161. The van der Waals surface area contributed by atoms with E-state index in [0.29, 0.717) is 11.4 Å². The lowest BCUT2D eigenvalue weighted by atomic mass is 10.1. The fourth-order valence-corrected chi connectivity index (χ4v) is 2.42. The van der Waals surface area contributed by atoms with Crippen LogP contribution < -0.4 is 10.6 Å². The van der Waals surface area contributed by atoms with Crippen molar-refractivity contribution >= 4 is 52.5 Å². The van der Waals surface area contributed by atoms with Crippen molar-refractivity contribution < 1.29 is 14.7 Å². The van der Waals surface area contributed by atoms with Crippen LogP contribution in [0.5, 0.6) is 0 Å². The maximum absolute atomic E-state index is 11.8. The summed E-state index contributed by atoms with van der Waals surface area (Å²) in [5, 5.41) is 14.5. The molecule has 0 fully saturated rings. The zero-order chi connectivity index (χ0) is 15.3. The Balaban J connectivity index is 2.73. The summed E-state index contributed by atoms with van der Waals surface area (Å²) in [7, 11) is 0. The van der Waals surface area contributed by atoms with E-state index in [-0.39, 0.29) is 22.2 Å². The smallest absolute Gasteiger partial charge is 0.319 e. The van der Waals surface area contributed by atoms with Gasteiger partial charge in [-0.25, -0.2) is 4.79 Å². The monoisotopic (exact) mass is 338 g/mol. The predicted molar refractivity (Wildman–Crippen MR) is 80.0 cm³/mol. The van der Waals surface area contributed by atoms with E-state index in [2.05, 4.69) is 10.6 Å². The molecule has 110 valence electrons. The molecule has 2 amide bonds. The summed E-state index contributed by atoms with van der Waals surface area (Å²) in [6, 6.07) is 1.83. The average Bonchev–Trinajstić information content (AvgIpc) is 2.32. The number of carboxylic acid groups (broad SMARTS) is 1. The quantitative estimate of drug-likeness (QED) is 0.758. The van der Waals surface area contributed by atoms with E-state index in [1.165, 1.54) is 12.1 Å². The molecular weight excluding hydrogens is 327 g/mol. The van der Waals surface area contributed by atoms with Crippen LogP contribution in [-0.4, -0.2) is 23.1 Å². The number of anilines is 1. The lowest BCUT2D eigenvalue weighted by molar-refractivity contribution is -0.137. The van der Waals surface area contributed by atoms with E-state index in [9.17, 15) is 9.59 Å². The third-order valence-corrected chi connectivity index (χ3v) is 3.31. The van der Waals surface area contributed by atoms with E-state index in [0.717, 1.165) is 0 Å². The van der Waals surface area contributed by atoms with Gasteiger partial charge in [-0.2, -0.15) is 0 Å². The molecule has 3 N–H and O–H groups in total. The molecule has 1 unspecified atom stereocenters. The lowest BCUT2D eigenvalue weighted by Crippen LogP contribution is -2.39. The Morgan fingerprint density at radius 1 is 1.25 bits per heavy atom. The van der Waals surface area contributed by atoms with Gasteiger partial charge in [-0.1, -0.05) is 41.7 Å². The van der Waals surface area contributed by atoms with Crippen LogP contribution in [0.3, 0.4) is 0 Å². The van der Waals surface area contributed by atoms with Gasteiger partial charge in [-0.3, -0.25) is 4.79 Å². The van der Waals surface area contributed by atoms with Gasteiger partial charge in [0.15, 0.2) is 0 Å². The van der Waals surface area contributed by atoms with Gasteiger partial charge in [0, 0.05) is 11.1 Å². The van der Waals surface area contributed by atoms with Crippen molar-refractivity contribution in [2.45, 2.75) is 25.8 Å². The second-order valence-electron chi connectivity index (χ2n) is 4.05. The number of amides is 2. The lowest BCUT2D eigenvalue weighted by Gasteiger charge is -2.16. The molecule has 0 aromatic heterocycles. The van der Waals surface area contributed by atoms with E-state index in [1.807, 2.05) is 0 Å². The van der Waals surface area contributed by atoms with Crippen LogP contribution in [0.4, 0.5) is 10.5 Å². The first-order valence-corrected chi connectivity index (χ1v) is 6.90. The van der Waals surface area contributed by atoms with Gasteiger partial charge in [-0.05, 0) is 18.6 Å². The molecule has 0 radical (unpaired) electrons. The second kappa shape index (κ2) is 7.57. The van der Waals surface area contributed by atoms with Crippen LogP contribution in [0, 0.1) is 0 Å². The highest BCUT2D eigenvalue weighted by Crippen LogP contribution is 2.33. The first-order valence-electron chi connectivity index (χ1n) is 5.77. The highest BCUT2D eigenvalue weighted by atomic mass is 35.5. The van der Waals surface area contributed by atoms with Crippen LogP contribution in [0.1, 0.15) is 19.8 Å². The minimum Gasteiger partial charge on any atom is -0.481 e. The third-order valence-electron chi connectivity index (χ3n) is 2.49. The van der Waals surface area contributed by atoms with Crippen LogP contribution >= 0.6 is 34.8 Å². The number of hydrogen-bond acceptors (Lipinski definition) is 2. The molecule has 0 saturated carbocycles. The van der Waals surface area contributed by atoms with Crippen LogP contribution in [0.15, 0.2) is 12.1 Å². The molecule has 1 atom stereocenters. The fraction of sp³-hybridized carbons (Fsp3) is 0.333. The van der Waals surface area contributed by atoms with Crippen LogP contribution in [0.2, 0.25) is 15.1 Å². The summed E-state index contributed by atoms with van der Waals surface area (Å²) in [5.74, 6) is -0.986. The van der Waals surface area contributed by atoms with E-state index in [4.69, 9.17) is 39.9 Å². The van der Waals surface area contributed by atoms with Crippen LogP contribution in [-0.2, 0) is 4.79 Å². The molecule has 0 aliphatic rings. The summed E-state index contributed by atoms with van der Waals surface area (Å²) < 4.78 is 0. The largest absolute Gasteiger partial charge is 0.481 e. The van der Waals surface area contributed by atoms with E-state index >= 15 is 0 Å². The van der Waals surface area contributed by atoms with E-state index < -0.39 is 18.0 Å². The second-order valence-corrected chi connectivity index (χ2v) is 5.30. The van der Waals surface area contributed by atoms with Gasteiger partial charge in [0.1, 0.15) is 0 Å². The molecule has 0 heterocycles. The molecule has 0 bridgehead atoms. The highest BCUT2D eigenvalue weighted by Gasteiger charge is 2.16. The van der Waals surface area contributed by atoms with Gasteiger partial charge in [0.2, 0.25) is 0 Å². The number of carboxylic acids is 1. The molecule has 0 spiro atoms. The number of carbonyl (C=O) groups excluding carboxylic acids is 1. The normalized spacial score (nSPS) is 11.8. The zero-order valence-corrected chi connectivity index (χ0v) is 12.8. The molecule has 0 aliphatic carbocycles. The average molecular weight is 340 g/mol. The molecule has 5 nitrogen and oxygen atoms in total. The van der Waals surface area contributed by atoms with Crippen molar-refractivity contribution in [2.24, 2.45) is 0 Å². The molecule has 0 saturated heterocycles. The number of rotatable bonds is 5. The summed E-state index contributed by atoms with van der Waals surface area (Å²) in [4.78, 5) is 22.4. The number of benzene rings is 1. The summed E-state index contributed by atoms with van der Waals surface area (Å²) in [6.07, 6.45) is 0.327. The first kappa shape index (κ1) is 16.9. The van der Waals surface area contributed by atoms with Crippen molar-refractivity contribution in [1.82, 2.24) is 5.32 Å². The Morgan fingerprint density at radius 3 is 2.25 bits per heavy atom. The van der Waals surface area contributed by atoms with Gasteiger partial charge in [0.05, 0.1) is 22.2 Å². The Morgan fingerprint density at radius 2 is 1.80 bits per heavy atom. The van der Waals surface area contributed by atoms with Gasteiger partial charge in [0.25, 0.3) is 0 Å². The van der Waals surface area contributed by atoms with E-state index in [1.54, 1.807) is 6.92 Å². The van der Waals surface area contributed by atoms with Crippen molar-refractivity contribution in [3.63, 3.8) is 0 Å². The van der Waals surface area contributed by atoms with Gasteiger partial charge >= 0.3 is 12.0 Å². The maximum atomic E-state index is 11.8. The number of halogens is 3. The molecule has 1 aromatic carbocycles. The van der Waals surface area contributed by atoms with Crippen molar-refractivity contribution in [2.75, 3.05) is 5.32 Å². The summed E-state index contributed by atoms with van der Waals surface area (Å²) in [5.41, 5.74) is 0.223. The molecule has 8 heteroatoms. The Bertz CT molecular complexity index is 500. The standard InChI is InChI=1S/C12H13Cl3N2O3/c1-2-7(5-10(18)19)16-12(20)17-11-8(14)3-6(13)4-9(11)15/h3-4,7H,2,5H2,1H3,(H,18,19)(H2,16,17,20). The van der Waals surface area contributed by atoms with Crippen molar-refractivity contribution in [3.05, 3.63) is 27.2 Å². The highest BCUT2D eigenvalue weighted by molar-refractivity contribution is 6.42. The molecule has 20 heavy (non-hydrogen) atoms. The Hall–Kier alpha value is -1.17. The maximum Gasteiger partial charge on any atom is 0.319 e. The number of carbonyl (C=O) groups is 2. The van der Waals surface area contributed by atoms with Gasteiger partial charge < -0.3 is 15.7 Å². The third kappa shape index (κ3) is 5.07. The molecule has 1 rings (SSSR count). The fourth-order valence-electron chi connectivity index (χ4n) is 1.50. The molecule has 0 aliphatic heterocycles. The Kier molecular flexibility index (Phi) is 6.39. The minimum atomic E-state index is -0.986. The Labute approximate surface area is 131 Å². The molecular formula is C12H13Cl3N2O3. The predicted octanol–water partition coefficient (Wildman–Crippen LogP) is 4.02. The molecule has 1 aromatic rings. The summed E-state index contributed by atoms with van der Waals surface area (Å²) in [6.45, 7) is 1.77. The number of aliphatic carboxylic acids is 1. The van der Waals surface area contributed by atoms with Crippen molar-refractivity contribution in [3.8, 4) is 0 Å². The van der Waals surface area contributed by atoms with Crippen molar-refractivity contribution in [1.29, 1.82) is 0 Å². The topological polar surface area (TPSA) is 78.4 Å². The SMILES string of the molecule is CCC(CC(=O)O)NC(=O)Nc1c(Cl)cc(Cl)cc1Cl. The summed E-state index contributed by atoms with van der Waals surface area (Å²) >= 11 is 17.6. The van der Waals surface area contributed by atoms with Crippen LogP contribution in [0.25, 0.3) is 0 Å². The van der Waals surface area contributed by atoms with Gasteiger partial charge in [-0.15, -0.1) is 0 Å².